The minimum absolute atomic E-state index is 1.22. The minimum Gasteiger partial charge on any atom is -0.0735 e. The van der Waals surface area contributed by atoms with Crippen molar-refractivity contribution < 1.29 is 0 Å². The maximum atomic E-state index is 2.96. The van der Waals surface area contributed by atoms with Gasteiger partial charge in [0.05, 0.1) is 0 Å². The van der Waals surface area contributed by atoms with Crippen molar-refractivity contribution in [3.05, 3.63) is 0 Å². The van der Waals surface area contributed by atoms with Crippen LogP contribution in [0.3, 0.4) is 0 Å². The third kappa shape index (κ3) is 2.74. The lowest BCUT2D eigenvalue weighted by atomic mass is 11.9. The van der Waals surface area contributed by atoms with Crippen molar-refractivity contribution in [1.82, 2.24) is 0 Å². The Kier molecular flexibility index (Phi) is 6.48. The highest BCUT2D eigenvalue weighted by Gasteiger charge is 2.76. The second-order valence-electron chi connectivity index (χ2n) is 14.6. The Morgan fingerprint density at radius 3 is 0.222 bits per heavy atom. The van der Waals surface area contributed by atoms with E-state index in [4.69, 9.17) is 0 Å². The molecule has 0 radical (unpaired) electrons. The molecule has 1 fully saturated rings. The van der Waals surface area contributed by atoms with Crippen LogP contribution < -0.4 is 0 Å². The highest BCUT2D eigenvalue weighted by atomic mass is 30.2. The van der Waals surface area contributed by atoms with Crippen molar-refractivity contribution in [2.45, 2.75) is 118 Å². The van der Waals surface area contributed by atoms with E-state index < -0.39 is 64.0 Å². The van der Waals surface area contributed by atoms with Gasteiger partial charge in [0.25, 0.3) is 0 Å². The van der Waals surface area contributed by atoms with E-state index in [1.54, 1.807) is 0 Å². The van der Waals surface area contributed by atoms with Crippen LogP contribution in [0.1, 0.15) is 0 Å². The second kappa shape index (κ2) is 6.49. The average molecular weight is 523 g/mol. The lowest BCUT2D eigenvalue weighted by Gasteiger charge is -2.63. The average Bonchev–Trinajstić information content (AvgIpc) is 2.44. The lowest BCUT2D eigenvalue weighted by molar-refractivity contribution is 1.75. The van der Waals surface area contributed by atoms with Crippen molar-refractivity contribution >= 4 is 64.0 Å². The molecule has 0 atom stereocenters. The molecule has 0 N–H and O–H groups in total. The Labute approximate surface area is 180 Å². The summed E-state index contributed by atoms with van der Waals surface area (Å²) in [6.07, 6.45) is 0. The summed E-state index contributed by atoms with van der Waals surface area (Å²) in [6.45, 7) is 53.2. The van der Waals surface area contributed by atoms with Gasteiger partial charge in [-0.1, -0.05) is 118 Å². The molecule has 0 unspecified atom stereocenters. The molecule has 162 valence electrons. The quantitative estimate of drug-likeness (QED) is 0.298. The molecule has 1 saturated heterocycles. The summed E-state index contributed by atoms with van der Waals surface area (Å²) in [5.74, 6) is 0. The normalized spacial score (nSPS) is 34.0. The Morgan fingerprint density at radius 1 is 0.148 bits per heavy atom. The van der Waals surface area contributed by atoms with Gasteiger partial charge in [-0.25, -0.2) is 0 Å². The van der Waals surface area contributed by atoms with Gasteiger partial charge in [-0.15, -0.1) is 0 Å². The van der Waals surface area contributed by atoms with Crippen LogP contribution >= 0.6 is 0 Å². The van der Waals surface area contributed by atoms with E-state index in [0.717, 1.165) is 0 Å². The maximum Gasteiger partial charge on any atom is 0.0307 e. The largest absolute Gasteiger partial charge is 0.0735 e. The van der Waals surface area contributed by atoms with Crippen LogP contribution in [-0.2, 0) is 0 Å². The van der Waals surface area contributed by atoms with Crippen LogP contribution in [0.25, 0.3) is 0 Å². The van der Waals surface area contributed by atoms with E-state index in [9.17, 15) is 0 Å². The van der Waals surface area contributed by atoms with Crippen LogP contribution in [0.15, 0.2) is 0 Å². The molecule has 0 nitrogen and oxygen atoms in total. The fourth-order valence-corrected chi connectivity index (χ4v) is 372. The van der Waals surface area contributed by atoms with Crippen molar-refractivity contribution in [3.63, 3.8) is 0 Å². The molecular weight excluding hydrogens is 469 g/mol. The molecule has 9 heteroatoms. The highest BCUT2D eigenvalue weighted by molar-refractivity contribution is 8.13. The monoisotopic (exact) mass is 522 g/mol. The summed E-state index contributed by atoms with van der Waals surface area (Å²) < 4.78 is 0. The fourth-order valence-electron chi connectivity index (χ4n) is 7.03. The molecule has 1 aliphatic heterocycles. The molecule has 0 saturated carbocycles. The van der Waals surface area contributed by atoms with Crippen LogP contribution in [0.5, 0.6) is 0 Å². The van der Waals surface area contributed by atoms with E-state index in [1.807, 2.05) is 0 Å². The number of rotatable bonds is 0. The van der Waals surface area contributed by atoms with Crippen LogP contribution in [0, 0.1) is 0 Å². The fraction of sp³-hybridized carbons (Fsp3) is 1.00. The van der Waals surface area contributed by atoms with Gasteiger partial charge in [0.15, 0.2) is 0 Å². The molecule has 0 aromatic heterocycles. The predicted molar refractivity (Wildman–Crippen MR) is 157 cm³/mol. The predicted octanol–water partition coefficient (Wildman–Crippen LogP) is 7.08. The summed E-state index contributed by atoms with van der Waals surface area (Å²) in [5.41, 5.74) is 0. The Balaban J connectivity index is 4.27. The molecule has 0 spiro atoms. The van der Waals surface area contributed by atoms with Crippen molar-refractivity contribution in [2.24, 2.45) is 0 Å². The van der Waals surface area contributed by atoms with Gasteiger partial charge < -0.3 is 0 Å². The van der Waals surface area contributed by atoms with Crippen molar-refractivity contribution in [3.8, 4) is 0 Å². The molecule has 0 aromatic rings. The standard InChI is InChI=1S/C18H54Si9/c1-19(2)20(3,4)22(7,8)24(11,12)26(15,16)27(17,18)25(13,14)23(9,10)21(19,5)6/h1-18H3. The summed E-state index contributed by atoms with van der Waals surface area (Å²) >= 11 is 0. The molecule has 1 heterocycles. The van der Waals surface area contributed by atoms with Gasteiger partial charge in [0.2, 0.25) is 0 Å². The van der Waals surface area contributed by atoms with Gasteiger partial charge >= 0.3 is 0 Å². The van der Waals surface area contributed by atoms with Crippen LogP contribution in [-0.4, -0.2) is 64.0 Å². The first-order chi connectivity index (χ1) is 11.2. The van der Waals surface area contributed by atoms with Crippen molar-refractivity contribution in [1.29, 1.82) is 0 Å². The SMILES string of the molecule is C[Si]1(C)[Si](C)(C)[Si](C)(C)[Si](C)(C)[Si](C)(C)[Si](C)(C)[Si](C)(C)[Si](C)(C)[Si]1(C)C. The van der Waals surface area contributed by atoms with Crippen LogP contribution in [0.4, 0.5) is 0 Å². The zero-order chi connectivity index (χ0) is 22.5. The zero-order valence-electron chi connectivity index (χ0n) is 22.5. The van der Waals surface area contributed by atoms with Gasteiger partial charge in [0, 0.05) is 64.0 Å². The van der Waals surface area contributed by atoms with Gasteiger partial charge in [-0.3, -0.25) is 0 Å². The Bertz CT molecular complexity index is 403. The Morgan fingerprint density at radius 2 is 0.185 bits per heavy atom. The molecule has 27 heavy (non-hydrogen) atoms. The molecule has 0 bridgehead atoms. The van der Waals surface area contributed by atoms with E-state index in [2.05, 4.69) is 118 Å². The molecule has 1 aliphatic rings. The summed E-state index contributed by atoms with van der Waals surface area (Å²) in [6, 6.07) is 0. The molecule has 0 amide bonds. The summed E-state index contributed by atoms with van der Waals surface area (Å²) in [7, 11) is -11.0. The molecule has 0 aromatic carbocycles. The van der Waals surface area contributed by atoms with Gasteiger partial charge in [-0.2, -0.15) is 0 Å². The third-order valence-corrected chi connectivity index (χ3v) is 248. The molecule has 0 aliphatic carbocycles. The molecule has 1 rings (SSSR count). The topological polar surface area (TPSA) is 0 Å². The van der Waals surface area contributed by atoms with E-state index in [0.29, 0.717) is 0 Å². The van der Waals surface area contributed by atoms with Crippen LogP contribution in [0.2, 0.25) is 118 Å². The van der Waals surface area contributed by atoms with Crippen molar-refractivity contribution in [2.75, 3.05) is 0 Å². The van der Waals surface area contributed by atoms with Gasteiger partial charge in [-0.05, 0) is 0 Å². The minimum atomic E-state index is -1.22. The van der Waals surface area contributed by atoms with E-state index in [1.165, 1.54) is 0 Å². The number of hydrogen-bond acceptors (Lipinski definition) is 0. The zero-order valence-corrected chi connectivity index (χ0v) is 31.5. The van der Waals surface area contributed by atoms with E-state index in [-0.39, 0.29) is 0 Å². The first kappa shape index (κ1) is 27.0. The summed E-state index contributed by atoms with van der Waals surface area (Å²) in [4.78, 5) is 0. The first-order valence-electron chi connectivity index (χ1n) is 11.2. The maximum absolute atomic E-state index is 2.96. The Hall–Kier alpha value is 1.95. The van der Waals surface area contributed by atoms with E-state index >= 15 is 0 Å². The highest BCUT2D eigenvalue weighted by Crippen LogP contribution is 2.52. The lowest BCUT2D eigenvalue weighted by Crippen LogP contribution is -2.90. The number of hydrogen-bond donors (Lipinski definition) is 0. The second-order valence-corrected chi connectivity index (χ2v) is 125. The molecular formula is C18H54Si9. The first-order valence-corrected chi connectivity index (χ1v) is 47.2. The van der Waals surface area contributed by atoms with Gasteiger partial charge in [0.1, 0.15) is 0 Å². The smallest absolute Gasteiger partial charge is 0.0307 e. The third-order valence-electron chi connectivity index (χ3n) is 14.1. The summed E-state index contributed by atoms with van der Waals surface area (Å²) in [5, 5.41) is 0.